The molecule has 3 rings (SSSR count). The molecule has 3 aromatic rings. The average molecular weight is 687 g/mol. The highest BCUT2D eigenvalue weighted by Gasteiger charge is 2.36. The van der Waals surface area contributed by atoms with Crippen LogP contribution in [0, 0.1) is 12.3 Å². The van der Waals surface area contributed by atoms with Gasteiger partial charge in [-0.1, -0.05) is 135 Å². The molecule has 0 aromatic heterocycles. The Morgan fingerprint density at radius 3 is 1.63 bits per heavy atom. The smallest absolute Gasteiger partial charge is 0.220 e. The van der Waals surface area contributed by atoms with E-state index >= 15 is 0 Å². The Labute approximate surface area is 300 Å². The van der Waals surface area contributed by atoms with Gasteiger partial charge in [-0.25, -0.2) is 0 Å². The Balaban J connectivity index is 1.18. The predicted molar refractivity (Wildman–Crippen MR) is 205 cm³/mol. The summed E-state index contributed by atoms with van der Waals surface area (Å²) in [6, 6.07) is 32.9. The van der Waals surface area contributed by atoms with E-state index in [9.17, 15) is 4.79 Å². The van der Waals surface area contributed by atoms with Crippen molar-refractivity contribution in [2.75, 3.05) is 72.1 Å². The summed E-state index contributed by atoms with van der Waals surface area (Å²) in [4.78, 5) is 14.2. The minimum absolute atomic E-state index is 0.111. The zero-order valence-corrected chi connectivity index (χ0v) is 30.5. The lowest BCUT2D eigenvalue weighted by Gasteiger charge is -2.35. The number of terminal acetylenes is 1. The number of benzene rings is 3. The van der Waals surface area contributed by atoms with E-state index in [0.29, 0.717) is 59.2 Å². The zero-order valence-electron chi connectivity index (χ0n) is 29.7. The number of hydrogen-bond donors (Lipinski definition) is 1. The second-order valence-electron chi connectivity index (χ2n) is 12.3. The van der Waals surface area contributed by atoms with Gasteiger partial charge < -0.3 is 19.5 Å². The molecule has 0 radical (unpaired) electrons. The summed E-state index contributed by atoms with van der Waals surface area (Å²) in [6.45, 7) is 5.23. The first-order valence-corrected chi connectivity index (χ1v) is 19.1. The topological polar surface area (TPSA) is 60.0 Å². The molecule has 0 saturated carbocycles. The van der Waals surface area contributed by atoms with Crippen molar-refractivity contribution in [3.8, 4) is 12.3 Å². The minimum Gasteiger partial charge on any atom is -0.378 e. The molecule has 0 bridgehead atoms. The molecular formula is C42H58N2O4S. The molecule has 3 aromatic carbocycles. The molecule has 0 spiro atoms. The number of ether oxygens (including phenoxy) is 3. The van der Waals surface area contributed by atoms with Crippen LogP contribution in [0.25, 0.3) is 0 Å². The van der Waals surface area contributed by atoms with E-state index in [4.69, 9.17) is 20.6 Å². The molecule has 0 saturated heterocycles. The van der Waals surface area contributed by atoms with Gasteiger partial charge in [0.25, 0.3) is 0 Å². The van der Waals surface area contributed by atoms with Crippen molar-refractivity contribution in [2.24, 2.45) is 0 Å². The molecule has 0 fully saturated rings. The Hall–Kier alpha value is -3.12. The fourth-order valence-corrected chi connectivity index (χ4v) is 7.35. The molecule has 6 nitrogen and oxygen atoms in total. The molecule has 0 atom stereocenters. The number of hydrogen-bond acceptors (Lipinski definition) is 6. The van der Waals surface area contributed by atoms with Crippen LogP contribution in [0.2, 0.25) is 0 Å². The highest BCUT2D eigenvalue weighted by atomic mass is 32.2. The number of carbonyl (C=O) groups is 1. The Kier molecular flexibility index (Phi) is 21.2. The molecule has 0 aliphatic carbocycles. The van der Waals surface area contributed by atoms with Crippen LogP contribution < -0.4 is 5.32 Å². The molecule has 7 heteroatoms. The third kappa shape index (κ3) is 16.0. The van der Waals surface area contributed by atoms with Gasteiger partial charge in [-0.05, 0) is 42.3 Å². The van der Waals surface area contributed by atoms with Gasteiger partial charge in [0, 0.05) is 19.5 Å². The molecular weight excluding hydrogens is 629 g/mol. The summed E-state index contributed by atoms with van der Waals surface area (Å²) in [5.41, 5.74) is 3.99. The van der Waals surface area contributed by atoms with Gasteiger partial charge >= 0.3 is 0 Å². The number of unbranched alkanes of at least 4 members (excludes halogenated alkanes) is 7. The van der Waals surface area contributed by atoms with Crippen molar-refractivity contribution >= 4 is 17.7 Å². The van der Waals surface area contributed by atoms with Crippen LogP contribution >= 0.6 is 11.8 Å². The first-order chi connectivity index (χ1) is 24.2. The molecule has 0 aliphatic heterocycles. The molecule has 0 unspecified atom stereocenters. The van der Waals surface area contributed by atoms with Crippen molar-refractivity contribution in [1.29, 1.82) is 0 Å². The normalized spacial score (nSPS) is 11.4. The number of nitrogens with zero attached hydrogens (tertiary/aromatic N) is 1. The number of amides is 1. The molecule has 266 valence electrons. The van der Waals surface area contributed by atoms with Gasteiger partial charge in [0.2, 0.25) is 5.91 Å². The summed E-state index contributed by atoms with van der Waals surface area (Å²) in [5.74, 6) is 3.82. The second-order valence-corrected chi connectivity index (χ2v) is 13.6. The monoisotopic (exact) mass is 686 g/mol. The Morgan fingerprint density at radius 2 is 1.12 bits per heavy atom. The van der Waals surface area contributed by atoms with Crippen LogP contribution in [-0.4, -0.2) is 82.9 Å². The van der Waals surface area contributed by atoms with Crippen molar-refractivity contribution < 1.29 is 19.0 Å². The van der Waals surface area contributed by atoms with Crippen LogP contribution in [0.4, 0.5) is 0 Å². The highest BCUT2D eigenvalue weighted by molar-refractivity contribution is 8.00. The fraction of sp³-hybridized carbons (Fsp3) is 0.500. The number of likely N-dealkylation sites (N-methyl/N-ethyl adjacent to an activating group) is 1. The minimum atomic E-state index is -0.227. The maximum atomic E-state index is 12.1. The summed E-state index contributed by atoms with van der Waals surface area (Å²) < 4.78 is 16.3. The Morgan fingerprint density at radius 1 is 0.673 bits per heavy atom. The maximum Gasteiger partial charge on any atom is 0.220 e. The Bertz CT molecular complexity index is 1190. The number of carbonyl (C=O) groups excluding carboxylic acids is 1. The van der Waals surface area contributed by atoms with Crippen molar-refractivity contribution in [2.45, 2.75) is 62.5 Å². The van der Waals surface area contributed by atoms with Crippen LogP contribution in [0.1, 0.15) is 74.5 Å². The van der Waals surface area contributed by atoms with Gasteiger partial charge in [0.1, 0.15) is 0 Å². The highest BCUT2D eigenvalue weighted by Crippen LogP contribution is 2.48. The van der Waals surface area contributed by atoms with E-state index in [1.807, 2.05) is 11.9 Å². The standard InChI is InChI=1S/C42H58N2O4S/c1-3-29-44(2)30-32-47-34-36-48-35-33-46-31-28-43-41(45)27-19-8-6-4-5-7-9-20-37-49-42(38-21-13-10-14-22-38,39-23-15-11-16-24-39)40-25-17-12-18-26-40/h1,10-18,21-26H,4-9,19-20,27-37H2,2H3,(H,43,45). The van der Waals surface area contributed by atoms with Crippen molar-refractivity contribution in [1.82, 2.24) is 10.2 Å². The van der Waals surface area contributed by atoms with E-state index in [1.54, 1.807) is 0 Å². The van der Waals surface area contributed by atoms with E-state index < -0.39 is 0 Å². The van der Waals surface area contributed by atoms with E-state index in [-0.39, 0.29) is 10.7 Å². The molecule has 49 heavy (non-hydrogen) atoms. The van der Waals surface area contributed by atoms with E-state index in [1.165, 1.54) is 55.2 Å². The molecule has 0 aliphatic rings. The quantitative estimate of drug-likeness (QED) is 0.0476. The van der Waals surface area contributed by atoms with Crippen molar-refractivity contribution in [3.63, 3.8) is 0 Å². The number of rotatable bonds is 28. The fourth-order valence-electron chi connectivity index (χ4n) is 5.79. The predicted octanol–water partition coefficient (Wildman–Crippen LogP) is 7.95. The van der Waals surface area contributed by atoms with Gasteiger partial charge in [0.15, 0.2) is 0 Å². The second kappa shape index (κ2) is 25.8. The SMILES string of the molecule is C#CCN(C)CCOCCOCCOCCNC(=O)CCCCCCCCCCSC(c1ccccc1)(c1ccccc1)c1ccccc1. The summed E-state index contributed by atoms with van der Waals surface area (Å²) in [5, 5.41) is 2.96. The van der Waals surface area contributed by atoms with Crippen LogP contribution in [0.3, 0.4) is 0 Å². The third-order valence-electron chi connectivity index (χ3n) is 8.45. The van der Waals surface area contributed by atoms with Gasteiger partial charge in [-0.3, -0.25) is 9.69 Å². The van der Waals surface area contributed by atoms with Crippen LogP contribution in [0.15, 0.2) is 91.0 Å². The summed E-state index contributed by atoms with van der Waals surface area (Å²) >= 11 is 2.06. The third-order valence-corrected chi connectivity index (χ3v) is 10.1. The molecule has 1 N–H and O–H groups in total. The summed E-state index contributed by atoms with van der Waals surface area (Å²) in [7, 11) is 1.97. The lowest BCUT2D eigenvalue weighted by molar-refractivity contribution is -0.121. The largest absolute Gasteiger partial charge is 0.378 e. The maximum absolute atomic E-state index is 12.1. The average Bonchev–Trinajstić information content (AvgIpc) is 3.14. The lowest BCUT2D eigenvalue weighted by atomic mass is 9.84. The van der Waals surface area contributed by atoms with E-state index in [0.717, 1.165) is 25.1 Å². The first-order valence-electron chi connectivity index (χ1n) is 18.1. The van der Waals surface area contributed by atoms with Gasteiger partial charge in [-0.2, -0.15) is 0 Å². The zero-order chi connectivity index (χ0) is 34.7. The van der Waals surface area contributed by atoms with Crippen LogP contribution in [-0.2, 0) is 23.8 Å². The first kappa shape index (κ1) is 40.3. The van der Waals surface area contributed by atoms with Gasteiger partial charge in [0.05, 0.1) is 50.9 Å². The number of thioether (sulfide) groups is 1. The number of nitrogens with one attached hydrogen (secondary N) is 1. The summed E-state index contributed by atoms with van der Waals surface area (Å²) in [6.07, 6.45) is 15.3. The van der Waals surface area contributed by atoms with E-state index in [2.05, 4.69) is 114 Å². The molecule has 1 amide bonds. The van der Waals surface area contributed by atoms with Gasteiger partial charge in [-0.15, -0.1) is 18.2 Å². The van der Waals surface area contributed by atoms with Crippen LogP contribution in [0.5, 0.6) is 0 Å². The molecule has 0 heterocycles. The lowest BCUT2D eigenvalue weighted by Crippen LogP contribution is -2.27. The van der Waals surface area contributed by atoms with Crippen molar-refractivity contribution in [3.05, 3.63) is 108 Å².